The number of para-hydroxylation sites is 1. The minimum Gasteiger partial charge on any atom is -0.493 e. The van der Waals surface area contributed by atoms with Crippen LogP contribution in [0.3, 0.4) is 0 Å². The maximum Gasteiger partial charge on any atom is 0.289 e. The van der Waals surface area contributed by atoms with Crippen LogP contribution in [0.5, 0.6) is 5.75 Å². The van der Waals surface area contributed by atoms with Gasteiger partial charge in [-0.05, 0) is 24.3 Å². The van der Waals surface area contributed by atoms with Gasteiger partial charge in [0.1, 0.15) is 5.01 Å². The Labute approximate surface area is 195 Å². The molecule has 1 fully saturated rings. The molecular formula is C24H22ClN3O3S. The van der Waals surface area contributed by atoms with E-state index >= 15 is 0 Å². The van der Waals surface area contributed by atoms with E-state index in [0.29, 0.717) is 30.2 Å². The van der Waals surface area contributed by atoms with Gasteiger partial charge in [0.2, 0.25) is 0 Å². The molecule has 6 nitrogen and oxygen atoms in total. The summed E-state index contributed by atoms with van der Waals surface area (Å²) in [6.07, 6.45) is 0. The molecule has 2 aromatic carbocycles. The Hall–Kier alpha value is -2.87. The highest BCUT2D eigenvalue weighted by atomic mass is 35.5. The first-order valence-corrected chi connectivity index (χ1v) is 11.6. The van der Waals surface area contributed by atoms with Crippen molar-refractivity contribution < 1.29 is 13.9 Å². The summed E-state index contributed by atoms with van der Waals surface area (Å²) in [5, 5.41) is 4.73. The summed E-state index contributed by atoms with van der Waals surface area (Å²) in [5.41, 5.74) is 2.64. The number of hydrogen-bond acceptors (Lipinski definition) is 6. The lowest BCUT2D eigenvalue weighted by atomic mass is 10.2. The number of carbonyl (C=O) groups excluding carboxylic acids is 1. The second-order valence-electron chi connectivity index (χ2n) is 7.69. The molecule has 8 heteroatoms. The van der Waals surface area contributed by atoms with Gasteiger partial charge in [-0.3, -0.25) is 9.69 Å². The van der Waals surface area contributed by atoms with Gasteiger partial charge >= 0.3 is 0 Å². The average molecular weight is 468 g/mol. The van der Waals surface area contributed by atoms with Crippen molar-refractivity contribution in [3.05, 3.63) is 69.7 Å². The van der Waals surface area contributed by atoms with E-state index in [-0.39, 0.29) is 5.91 Å². The molecule has 5 rings (SSSR count). The molecule has 0 saturated carbocycles. The molecule has 0 N–H and O–H groups in total. The van der Waals surface area contributed by atoms with Crippen molar-refractivity contribution in [1.82, 2.24) is 14.8 Å². The maximum atomic E-state index is 13.0. The molecule has 2 aromatic heterocycles. The van der Waals surface area contributed by atoms with Gasteiger partial charge in [0.05, 0.1) is 19.3 Å². The Morgan fingerprint density at radius 1 is 1.16 bits per heavy atom. The van der Waals surface area contributed by atoms with Crippen LogP contribution < -0.4 is 4.74 Å². The minimum atomic E-state index is -0.0813. The number of ether oxygens (including phenoxy) is 1. The quantitative estimate of drug-likeness (QED) is 0.405. The number of fused-ring (bicyclic) bond motifs is 1. The third kappa shape index (κ3) is 4.24. The molecule has 0 atom stereocenters. The van der Waals surface area contributed by atoms with Crippen molar-refractivity contribution in [2.45, 2.75) is 6.54 Å². The van der Waals surface area contributed by atoms with Gasteiger partial charge in [-0.15, -0.1) is 11.3 Å². The summed E-state index contributed by atoms with van der Waals surface area (Å²) in [6, 6.07) is 15.2. The maximum absolute atomic E-state index is 13.0. The Balaban J connectivity index is 1.20. The van der Waals surface area contributed by atoms with Crippen LogP contribution >= 0.6 is 22.9 Å². The SMILES string of the molecule is COc1cccc2cc(C(=O)N3CCN(Cc4nc(-c5ccc(Cl)cc5)cs4)CC3)oc12. The van der Waals surface area contributed by atoms with Crippen LogP contribution in [0, 0.1) is 0 Å². The zero-order chi connectivity index (χ0) is 22.1. The summed E-state index contributed by atoms with van der Waals surface area (Å²) >= 11 is 7.64. The number of halogens is 1. The summed E-state index contributed by atoms with van der Waals surface area (Å²) in [7, 11) is 1.60. The summed E-state index contributed by atoms with van der Waals surface area (Å²) in [5.74, 6) is 0.903. The predicted octanol–water partition coefficient (Wildman–Crippen LogP) is 5.18. The number of amides is 1. The third-order valence-corrected chi connectivity index (χ3v) is 6.73. The van der Waals surface area contributed by atoms with Gasteiger partial charge in [0.25, 0.3) is 5.91 Å². The predicted molar refractivity (Wildman–Crippen MR) is 127 cm³/mol. The molecule has 32 heavy (non-hydrogen) atoms. The summed E-state index contributed by atoms with van der Waals surface area (Å²) in [4.78, 5) is 21.9. The fourth-order valence-electron chi connectivity index (χ4n) is 3.90. The smallest absolute Gasteiger partial charge is 0.289 e. The highest BCUT2D eigenvalue weighted by molar-refractivity contribution is 7.09. The van der Waals surface area contributed by atoms with Gasteiger partial charge in [-0.25, -0.2) is 4.98 Å². The largest absolute Gasteiger partial charge is 0.493 e. The van der Waals surface area contributed by atoms with Crippen molar-refractivity contribution >= 4 is 39.8 Å². The van der Waals surface area contributed by atoms with E-state index in [0.717, 1.165) is 46.3 Å². The van der Waals surface area contributed by atoms with E-state index in [2.05, 4.69) is 10.3 Å². The van der Waals surface area contributed by atoms with E-state index in [1.807, 2.05) is 47.4 Å². The number of thiazole rings is 1. The summed E-state index contributed by atoms with van der Waals surface area (Å²) in [6.45, 7) is 3.68. The Bertz CT molecular complexity index is 1240. The van der Waals surface area contributed by atoms with Crippen molar-refractivity contribution in [2.24, 2.45) is 0 Å². The summed E-state index contributed by atoms with van der Waals surface area (Å²) < 4.78 is 11.2. The zero-order valence-electron chi connectivity index (χ0n) is 17.6. The van der Waals surface area contributed by atoms with Crippen LogP contribution in [0.2, 0.25) is 5.02 Å². The fourth-order valence-corrected chi connectivity index (χ4v) is 4.87. The number of aromatic nitrogens is 1. The van der Waals surface area contributed by atoms with Crippen molar-refractivity contribution in [3.8, 4) is 17.0 Å². The molecule has 4 aromatic rings. The molecular weight excluding hydrogens is 446 g/mol. The van der Waals surface area contributed by atoms with Crippen LogP contribution in [-0.4, -0.2) is 54.0 Å². The normalized spacial score (nSPS) is 14.8. The van der Waals surface area contributed by atoms with Gasteiger partial charge in [0.15, 0.2) is 17.1 Å². The van der Waals surface area contributed by atoms with Crippen LogP contribution in [0.4, 0.5) is 0 Å². The number of benzene rings is 2. The first kappa shape index (κ1) is 21.0. The van der Waals surface area contributed by atoms with E-state index in [1.54, 1.807) is 24.5 Å². The molecule has 0 bridgehead atoms. The van der Waals surface area contributed by atoms with Crippen LogP contribution in [0.1, 0.15) is 15.6 Å². The monoisotopic (exact) mass is 467 g/mol. The highest BCUT2D eigenvalue weighted by Gasteiger charge is 2.25. The lowest BCUT2D eigenvalue weighted by Crippen LogP contribution is -2.48. The van der Waals surface area contributed by atoms with Crippen molar-refractivity contribution in [3.63, 3.8) is 0 Å². The number of rotatable bonds is 5. The number of carbonyl (C=O) groups is 1. The number of piperazine rings is 1. The van der Waals surface area contributed by atoms with Gasteiger partial charge in [0, 0.05) is 47.5 Å². The molecule has 0 unspecified atom stereocenters. The topological polar surface area (TPSA) is 58.8 Å². The Morgan fingerprint density at radius 3 is 2.69 bits per heavy atom. The van der Waals surface area contributed by atoms with Crippen molar-refractivity contribution in [1.29, 1.82) is 0 Å². The van der Waals surface area contributed by atoms with Crippen LogP contribution in [-0.2, 0) is 6.54 Å². The van der Waals surface area contributed by atoms with Gasteiger partial charge in [-0.1, -0.05) is 35.9 Å². The van der Waals surface area contributed by atoms with Crippen LogP contribution in [0.15, 0.2) is 58.3 Å². The number of hydrogen-bond donors (Lipinski definition) is 0. The average Bonchev–Trinajstić information content (AvgIpc) is 3.46. The number of nitrogens with zero attached hydrogens (tertiary/aromatic N) is 3. The fraction of sp³-hybridized carbons (Fsp3) is 0.250. The lowest BCUT2D eigenvalue weighted by Gasteiger charge is -2.33. The van der Waals surface area contributed by atoms with E-state index in [9.17, 15) is 4.79 Å². The van der Waals surface area contributed by atoms with Crippen molar-refractivity contribution in [2.75, 3.05) is 33.3 Å². The Morgan fingerprint density at radius 2 is 1.94 bits per heavy atom. The van der Waals surface area contributed by atoms with Gasteiger partial charge < -0.3 is 14.1 Å². The molecule has 1 aliphatic rings. The van der Waals surface area contributed by atoms with E-state index in [1.165, 1.54) is 0 Å². The third-order valence-electron chi connectivity index (χ3n) is 5.65. The first-order chi connectivity index (χ1) is 15.6. The molecule has 3 heterocycles. The first-order valence-electron chi connectivity index (χ1n) is 10.4. The molecule has 1 saturated heterocycles. The Kier molecular flexibility index (Phi) is 5.87. The molecule has 1 amide bonds. The second kappa shape index (κ2) is 8.94. The van der Waals surface area contributed by atoms with Crippen LogP contribution in [0.25, 0.3) is 22.2 Å². The van der Waals surface area contributed by atoms with E-state index in [4.69, 9.17) is 25.7 Å². The molecule has 0 radical (unpaired) electrons. The second-order valence-corrected chi connectivity index (χ2v) is 9.07. The molecule has 1 aliphatic heterocycles. The molecule has 164 valence electrons. The molecule has 0 spiro atoms. The standard InChI is InChI=1S/C24H22ClN3O3S/c1-30-20-4-2-3-17-13-21(31-23(17)20)24(29)28-11-9-27(10-12-28)14-22-26-19(15-32-22)16-5-7-18(25)8-6-16/h2-8,13,15H,9-12,14H2,1H3. The highest BCUT2D eigenvalue weighted by Crippen LogP contribution is 2.29. The van der Waals surface area contributed by atoms with Gasteiger partial charge in [-0.2, -0.15) is 0 Å². The zero-order valence-corrected chi connectivity index (χ0v) is 19.2. The lowest BCUT2D eigenvalue weighted by molar-refractivity contribution is 0.0600. The van der Waals surface area contributed by atoms with E-state index < -0.39 is 0 Å². The molecule has 0 aliphatic carbocycles. The number of furan rings is 1. The number of methoxy groups -OCH3 is 1. The minimum absolute atomic E-state index is 0.0813.